The molecule has 1 atom stereocenters. The second kappa shape index (κ2) is 5.07. The summed E-state index contributed by atoms with van der Waals surface area (Å²) in [6, 6.07) is 3.40. The zero-order valence-electron chi connectivity index (χ0n) is 9.67. The van der Waals surface area contributed by atoms with Crippen LogP contribution in [0.1, 0.15) is 19.3 Å². The molecule has 0 amide bonds. The molecule has 0 heterocycles. The Morgan fingerprint density at radius 3 is 2.72 bits per heavy atom. The van der Waals surface area contributed by atoms with Gasteiger partial charge < -0.3 is 4.74 Å². The minimum atomic E-state index is -3.88. The zero-order chi connectivity index (χ0) is 13.2. The van der Waals surface area contributed by atoms with E-state index in [9.17, 15) is 12.8 Å². The molecule has 0 saturated carbocycles. The lowest BCUT2D eigenvalue weighted by Gasteiger charge is -2.18. The molecule has 0 saturated heterocycles. The summed E-state index contributed by atoms with van der Waals surface area (Å²) in [5, 5.41) is 4.91. The molecule has 4 nitrogen and oxygen atoms in total. The number of nitrogens with two attached hydrogens (primary N) is 1. The summed E-state index contributed by atoms with van der Waals surface area (Å²) >= 11 is 0. The number of benzene rings is 1. The summed E-state index contributed by atoms with van der Waals surface area (Å²) in [7, 11) is -3.88. The smallest absolute Gasteiger partial charge is 0.238 e. The van der Waals surface area contributed by atoms with Gasteiger partial charge in [-0.2, -0.15) is 0 Å². The van der Waals surface area contributed by atoms with Crippen molar-refractivity contribution in [1.29, 1.82) is 0 Å². The molecule has 1 aromatic carbocycles. The highest BCUT2D eigenvalue weighted by Gasteiger charge is 2.15. The van der Waals surface area contributed by atoms with Crippen LogP contribution < -0.4 is 9.88 Å². The van der Waals surface area contributed by atoms with Crippen molar-refractivity contribution in [2.75, 3.05) is 0 Å². The molecule has 98 valence electrons. The Labute approximate surface area is 105 Å². The van der Waals surface area contributed by atoms with Crippen molar-refractivity contribution in [3.05, 3.63) is 36.2 Å². The van der Waals surface area contributed by atoms with Gasteiger partial charge in [-0.1, -0.05) is 6.08 Å². The average Bonchev–Trinajstić information content (AvgIpc) is 2.32. The number of sulfonamides is 1. The van der Waals surface area contributed by atoms with Crippen molar-refractivity contribution in [2.24, 2.45) is 5.14 Å². The Bertz CT molecular complexity index is 569. The number of rotatable bonds is 3. The van der Waals surface area contributed by atoms with E-state index in [1.54, 1.807) is 0 Å². The summed E-state index contributed by atoms with van der Waals surface area (Å²) in [5.41, 5.74) is 0. The van der Waals surface area contributed by atoms with Crippen LogP contribution in [0.3, 0.4) is 0 Å². The Morgan fingerprint density at radius 2 is 2.17 bits per heavy atom. The van der Waals surface area contributed by atoms with Crippen LogP contribution in [0.15, 0.2) is 35.2 Å². The second-order valence-corrected chi connectivity index (χ2v) is 5.71. The minimum absolute atomic E-state index is 0.0407. The molecule has 0 bridgehead atoms. The molecule has 1 aliphatic carbocycles. The van der Waals surface area contributed by atoms with Crippen LogP contribution >= 0.6 is 0 Å². The number of primary sulfonamides is 1. The van der Waals surface area contributed by atoms with Crippen molar-refractivity contribution in [3.8, 4) is 5.75 Å². The molecule has 0 fully saturated rings. The maximum absolute atomic E-state index is 13.7. The van der Waals surface area contributed by atoms with Crippen molar-refractivity contribution in [2.45, 2.75) is 30.3 Å². The fourth-order valence-corrected chi connectivity index (χ4v) is 2.32. The van der Waals surface area contributed by atoms with Gasteiger partial charge in [0.15, 0.2) is 11.6 Å². The topological polar surface area (TPSA) is 69.4 Å². The lowest BCUT2D eigenvalue weighted by Crippen LogP contribution is -2.17. The van der Waals surface area contributed by atoms with Gasteiger partial charge in [0.2, 0.25) is 10.0 Å². The first-order valence-electron chi connectivity index (χ1n) is 5.62. The van der Waals surface area contributed by atoms with E-state index in [0.29, 0.717) is 0 Å². The predicted molar refractivity (Wildman–Crippen MR) is 65.2 cm³/mol. The first-order chi connectivity index (χ1) is 8.47. The summed E-state index contributed by atoms with van der Waals surface area (Å²) in [4.78, 5) is -0.258. The maximum atomic E-state index is 13.7. The molecular weight excluding hydrogens is 257 g/mol. The molecule has 0 aromatic heterocycles. The van der Waals surface area contributed by atoms with Gasteiger partial charge in [-0.15, -0.1) is 0 Å². The number of halogens is 1. The summed E-state index contributed by atoms with van der Waals surface area (Å²) in [5.74, 6) is -0.681. The fourth-order valence-electron chi connectivity index (χ4n) is 1.80. The largest absolute Gasteiger partial charge is 0.483 e. The summed E-state index contributed by atoms with van der Waals surface area (Å²) < 4.78 is 41.2. The van der Waals surface area contributed by atoms with Crippen LogP contribution in [-0.4, -0.2) is 14.5 Å². The highest BCUT2D eigenvalue weighted by molar-refractivity contribution is 7.89. The molecular formula is C12H14FNO3S. The van der Waals surface area contributed by atoms with E-state index in [2.05, 4.69) is 0 Å². The molecule has 18 heavy (non-hydrogen) atoms. The highest BCUT2D eigenvalue weighted by Crippen LogP contribution is 2.24. The van der Waals surface area contributed by atoms with Gasteiger partial charge in [-0.3, -0.25) is 0 Å². The van der Waals surface area contributed by atoms with Gasteiger partial charge in [0, 0.05) is 0 Å². The van der Waals surface area contributed by atoms with Crippen molar-refractivity contribution < 1.29 is 17.5 Å². The first-order valence-corrected chi connectivity index (χ1v) is 7.17. The van der Waals surface area contributed by atoms with Crippen LogP contribution in [0.5, 0.6) is 5.75 Å². The van der Waals surface area contributed by atoms with Gasteiger partial charge in [0.05, 0.1) is 4.90 Å². The van der Waals surface area contributed by atoms with Gasteiger partial charge in [0.25, 0.3) is 0 Å². The maximum Gasteiger partial charge on any atom is 0.238 e. The van der Waals surface area contributed by atoms with E-state index >= 15 is 0 Å². The fraction of sp³-hybridized carbons (Fsp3) is 0.333. The van der Waals surface area contributed by atoms with Gasteiger partial charge in [-0.25, -0.2) is 17.9 Å². The van der Waals surface area contributed by atoms with E-state index in [-0.39, 0.29) is 16.7 Å². The minimum Gasteiger partial charge on any atom is -0.483 e. The van der Waals surface area contributed by atoms with Crippen molar-refractivity contribution in [1.82, 2.24) is 0 Å². The third-order valence-corrected chi connectivity index (χ3v) is 3.63. The van der Waals surface area contributed by atoms with Gasteiger partial charge in [0.1, 0.15) is 6.10 Å². The van der Waals surface area contributed by atoms with Crippen LogP contribution in [-0.2, 0) is 10.0 Å². The second-order valence-electron chi connectivity index (χ2n) is 4.15. The van der Waals surface area contributed by atoms with Crippen molar-refractivity contribution in [3.63, 3.8) is 0 Å². The summed E-state index contributed by atoms with van der Waals surface area (Å²) in [6.07, 6.45) is 6.55. The lowest BCUT2D eigenvalue weighted by atomic mass is 10.1. The van der Waals surface area contributed by atoms with Crippen molar-refractivity contribution >= 4 is 10.0 Å². The highest BCUT2D eigenvalue weighted by atomic mass is 32.2. The lowest BCUT2D eigenvalue weighted by molar-refractivity contribution is 0.219. The predicted octanol–water partition coefficient (Wildman–Crippen LogP) is 1.96. The van der Waals surface area contributed by atoms with E-state index in [4.69, 9.17) is 9.88 Å². The van der Waals surface area contributed by atoms with Crippen LogP contribution in [0.2, 0.25) is 0 Å². The molecule has 1 unspecified atom stereocenters. The molecule has 0 radical (unpaired) electrons. The number of hydrogen-bond acceptors (Lipinski definition) is 3. The van der Waals surface area contributed by atoms with E-state index in [0.717, 1.165) is 25.3 Å². The number of allylic oxidation sites excluding steroid dienone is 1. The third-order valence-electron chi connectivity index (χ3n) is 2.72. The van der Waals surface area contributed by atoms with E-state index in [1.165, 1.54) is 12.1 Å². The van der Waals surface area contributed by atoms with E-state index < -0.39 is 15.8 Å². The SMILES string of the molecule is NS(=O)(=O)c1ccc(OC2C=CCCC2)c(F)c1. The van der Waals surface area contributed by atoms with Gasteiger partial charge >= 0.3 is 0 Å². The quantitative estimate of drug-likeness (QED) is 0.854. The van der Waals surface area contributed by atoms with Crippen LogP contribution in [0, 0.1) is 5.82 Å². The Balaban J connectivity index is 2.20. The zero-order valence-corrected chi connectivity index (χ0v) is 10.5. The molecule has 2 N–H and O–H groups in total. The number of ether oxygens (including phenoxy) is 1. The molecule has 6 heteroatoms. The Morgan fingerprint density at radius 1 is 1.39 bits per heavy atom. The normalized spacial score (nSPS) is 19.8. The van der Waals surface area contributed by atoms with E-state index in [1.807, 2.05) is 12.2 Å². The van der Waals surface area contributed by atoms with Crippen LogP contribution in [0.25, 0.3) is 0 Å². The standard InChI is InChI=1S/C12H14FNO3S/c13-11-8-10(18(14,15)16)6-7-12(11)17-9-4-2-1-3-5-9/h2,4,6-9H,1,3,5H2,(H2,14,15,16). The number of hydrogen-bond donors (Lipinski definition) is 1. The first kappa shape index (κ1) is 13.0. The molecule has 0 spiro atoms. The summed E-state index contributed by atoms with van der Waals surface area (Å²) in [6.45, 7) is 0. The Hall–Kier alpha value is -1.40. The van der Waals surface area contributed by atoms with Crippen LogP contribution in [0.4, 0.5) is 4.39 Å². The third kappa shape index (κ3) is 3.08. The van der Waals surface area contributed by atoms with Gasteiger partial charge in [-0.05, 0) is 43.5 Å². The Kier molecular flexibility index (Phi) is 3.68. The average molecular weight is 271 g/mol. The molecule has 1 aliphatic rings. The molecule has 2 rings (SSSR count). The monoisotopic (exact) mass is 271 g/mol. The molecule has 0 aliphatic heterocycles. The molecule has 1 aromatic rings.